The van der Waals surface area contributed by atoms with Gasteiger partial charge < -0.3 is 9.88 Å². The molecule has 0 aliphatic heterocycles. The highest BCUT2D eigenvalue weighted by molar-refractivity contribution is 7.99. The van der Waals surface area contributed by atoms with Gasteiger partial charge in [0, 0.05) is 7.05 Å². The second-order valence-corrected chi connectivity index (χ2v) is 6.14. The molecule has 6 heteroatoms. The highest BCUT2D eigenvalue weighted by atomic mass is 32.2. The second kappa shape index (κ2) is 7.98. The molecule has 1 heterocycles. The van der Waals surface area contributed by atoms with Crippen molar-refractivity contribution in [2.24, 2.45) is 7.05 Å². The van der Waals surface area contributed by atoms with E-state index in [1.54, 1.807) is 0 Å². The summed E-state index contributed by atoms with van der Waals surface area (Å²) in [7, 11) is 1.90. The highest BCUT2D eigenvalue weighted by Crippen LogP contribution is 2.19. The Kier molecular flexibility index (Phi) is 6.00. The Bertz CT molecular complexity index is 612. The first kappa shape index (κ1) is 16.5. The van der Waals surface area contributed by atoms with Gasteiger partial charge in [-0.2, -0.15) is 0 Å². The molecule has 1 atom stereocenters. The third-order valence-electron chi connectivity index (χ3n) is 3.50. The first-order valence-corrected chi connectivity index (χ1v) is 8.43. The van der Waals surface area contributed by atoms with E-state index in [1.807, 2.05) is 36.7 Å². The molecule has 5 nitrogen and oxygen atoms in total. The maximum absolute atomic E-state index is 12.2. The monoisotopic (exact) mass is 318 g/mol. The van der Waals surface area contributed by atoms with Crippen LogP contribution >= 0.6 is 11.8 Å². The smallest absolute Gasteiger partial charge is 0.230 e. The van der Waals surface area contributed by atoms with E-state index in [-0.39, 0.29) is 11.9 Å². The van der Waals surface area contributed by atoms with Crippen molar-refractivity contribution in [1.29, 1.82) is 0 Å². The number of hydrogen-bond acceptors (Lipinski definition) is 4. The number of carbonyl (C=O) groups excluding carboxylic acids is 1. The van der Waals surface area contributed by atoms with Crippen molar-refractivity contribution in [1.82, 2.24) is 20.1 Å². The molecule has 1 amide bonds. The topological polar surface area (TPSA) is 59.8 Å². The number of nitrogens with one attached hydrogen (secondary N) is 1. The Morgan fingerprint density at radius 2 is 2.05 bits per heavy atom. The number of aromatic nitrogens is 3. The molecule has 1 aromatic carbocycles. The predicted octanol–water partition coefficient (Wildman–Crippen LogP) is 2.87. The van der Waals surface area contributed by atoms with Crippen LogP contribution in [0.5, 0.6) is 0 Å². The van der Waals surface area contributed by atoms with E-state index in [0.29, 0.717) is 5.75 Å². The van der Waals surface area contributed by atoms with E-state index >= 15 is 0 Å². The second-order valence-electron chi connectivity index (χ2n) is 5.20. The first-order chi connectivity index (χ1) is 10.6. The number of hydrogen-bond donors (Lipinski definition) is 1. The van der Waals surface area contributed by atoms with Crippen molar-refractivity contribution in [2.75, 3.05) is 5.75 Å². The van der Waals surface area contributed by atoms with Crippen LogP contribution in [0.3, 0.4) is 0 Å². The van der Waals surface area contributed by atoms with Crippen molar-refractivity contribution < 1.29 is 4.79 Å². The van der Waals surface area contributed by atoms with E-state index in [2.05, 4.69) is 34.6 Å². The van der Waals surface area contributed by atoms with Gasteiger partial charge in [-0.05, 0) is 18.9 Å². The van der Waals surface area contributed by atoms with Gasteiger partial charge in [0.25, 0.3) is 0 Å². The largest absolute Gasteiger partial charge is 0.349 e. The molecule has 0 radical (unpaired) electrons. The Balaban J connectivity index is 1.93. The van der Waals surface area contributed by atoms with Crippen LogP contribution in [-0.4, -0.2) is 26.4 Å². The summed E-state index contributed by atoms with van der Waals surface area (Å²) in [6.45, 7) is 4.02. The van der Waals surface area contributed by atoms with Gasteiger partial charge in [-0.3, -0.25) is 4.79 Å². The first-order valence-electron chi connectivity index (χ1n) is 7.45. The van der Waals surface area contributed by atoms with Crippen LogP contribution in [0.4, 0.5) is 0 Å². The normalized spacial score (nSPS) is 12.1. The molecule has 1 N–H and O–H groups in total. The molecule has 0 fully saturated rings. The van der Waals surface area contributed by atoms with Crippen molar-refractivity contribution in [3.8, 4) is 0 Å². The fourth-order valence-electron chi connectivity index (χ4n) is 2.18. The average Bonchev–Trinajstić information content (AvgIpc) is 2.85. The van der Waals surface area contributed by atoms with Crippen LogP contribution < -0.4 is 5.32 Å². The summed E-state index contributed by atoms with van der Waals surface area (Å²) in [6.07, 6.45) is 1.96. The molecule has 1 aromatic heterocycles. The Morgan fingerprint density at radius 1 is 1.32 bits per heavy atom. The Labute approximate surface area is 135 Å². The lowest BCUT2D eigenvalue weighted by molar-refractivity contribution is -0.119. The lowest BCUT2D eigenvalue weighted by Crippen LogP contribution is -2.30. The van der Waals surface area contributed by atoms with Crippen LogP contribution in [-0.2, 0) is 11.8 Å². The van der Waals surface area contributed by atoms with E-state index < -0.39 is 0 Å². The quantitative estimate of drug-likeness (QED) is 0.798. The maximum Gasteiger partial charge on any atom is 0.230 e. The summed E-state index contributed by atoms with van der Waals surface area (Å²) in [4.78, 5) is 12.2. The number of thioether (sulfide) groups is 1. The Hall–Kier alpha value is -1.82. The van der Waals surface area contributed by atoms with Crippen molar-refractivity contribution in [2.45, 2.75) is 37.9 Å². The molecule has 0 aliphatic rings. The number of rotatable bonds is 7. The number of nitrogens with zero attached hydrogens (tertiary/aromatic N) is 3. The summed E-state index contributed by atoms with van der Waals surface area (Å²) >= 11 is 1.41. The van der Waals surface area contributed by atoms with Crippen LogP contribution in [0.25, 0.3) is 0 Å². The molecular weight excluding hydrogens is 296 g/mol. The Morgan fingerprint density at radius 3 is 2.64 bits per heavy atom. The minimum Gasteiger partial charge on any atom is -0.349 e. The van der Waals surface area contributed by atoms with Crippen molar-refractivity contribution >= 4 is 17.7 Å². The zero-order valence-electron chi connectivity index (χ0n) is 13.2. The lowest BCUT2D eigenvalue weighted by atomic mass is 10.0. The minimum absolute atomic E-state index is 0.0213. The van der Waals surface area contributed by atoms with Crippen LogP contribution in [0.2, 0.25) is 0 Å². The van der Waals surface area contributed by atoms with E-state index in [0.717, 1.165) is 29.4 Å². The van der Waals surface area contributed by atoms with Gasteiger partial charge in [-0.1, -0.05) is 55.4 Å². The van der Waals surface area contributed by atoms with Gasteiger partial charge in [0.05, 0.1) is 11.8 Å². The summed E-state index contributed by atoms with van der Waals surface area (Å²) in [6, 6.07) is 10.2. The maximum atomic E-state index is 12.2. The SMILES string of the molecule is CCC[C@H](NC(=O)CSc1nnc(C)n1C)c1ccccc1. The minimum atomic E-state index is 0.0213. The zero-order chi connectivity index (χ0) is 15.9. The number of aryl methyl sites for hydroxylation is 1. The average molecular weight is 318 g/mol. The molecule has 2 aromatic rings. The van der Waals surface area contributed by atoms with E-state index in [4.69, 9.17) is 0 Å². The van der Waals surface area contributed by atoms with Gasteiger partial charge in [-0.25, -0.2) is 0 Å². The summed E-state index contributed by atoms with van der Waals surface area (Å²) in [5, 5.41) is 11.9. The number of benzene rings is 1. The summed E-state index contributed by atoms with van der Waals surface area (Å²) in [5.41, 5.74) is 1.15. The third kappa shape index (κ3) is 4.34. The van der Waals surface area contributed by atoms with E-state index in [9.17, 15) is 4.79 Å². The lowest BCUT2D eigenvalue weighted by Gasteiger charge is -2.18. The molecule has 0 spiro atoms. The molecule has 0 saturated carbocycles. The fraction of sp³-hybridized carbons (Fsp3) is 0.438. The molecule has 0 bridgehead atoms. The molecule has 118 valence electrons. The molecule has 2 rings (SSSR count). The predicted molar refractivity (Wildman–Crippen MR) is 88.7 cm³/mol. The van der Waals surface area contributed by atoms with E-state index in [1.165, 1.54) is 11.8 Å². The standard InChI is InChI=1S/C16H22N4OS/c1-4-8-14(13-9-6-5-7-10-13)17-15(21)11-22-16-19-18-12(2)20(16)3/h5-7,9-10,14H,4,8,11H2,1-3H3,(H,17,21)/t14-/m0/s1. The number of amides is 1. The molecule has 0 unspecified atom stereocenters. The third-order valence-corrected chi connectivity index (χ3v) is 4.52. The molecule has 22 heavy (non-hydrogen) atoms. The summed E-state index contributed by atoms with van der Waals surface area (Å²) < 4.78 is 1.89. The highest BCUT2D eigenvalue weighted by Gasteiger charge is 2.15. The van der Waals surface area contributed by atoms with Crippen LogP contribution in [0.1, 0.15) is 37.2 Å². The van der Waals surface area contributed by atoms with Gasteiger partial charge in [0.15, 0.2) is 5.16 Å². The van der Waals surface area contributed by atoms with Gasteiger partial charge in [0.1, 0.15) is 5.82 Å². The van der Waals surface area contributed by atoms with Gasteiger partial charge >= 0.3 is 0 Å². The van der Waals surface area contributed by atoms with Crippen molar-refractivity contribution in [3.63, 3.8) is 0 Å². The van der Waals surface area contributed by atoms with Gasteiger partial charge in [0.2, 0.25) is 5.91 Å². The van der Waals surface area contributed by atoms with Crippen LogP contribution in [0, 0.1) is 6.92 Å². The number of carbonyl (C=O) groups is 1. The molecule has 0 saturated heterocycles. The van der Waals surface area contributed by atoms with Crippen LogP contribution in [0.15, 0.2) is 35.5 Å². The fourth-order valence-corrected chi connectivity index (χ4v) is 2.94. The molecule has 0 aliphatic carbocycles. The molecular formula is C16H22N4OS. The zero-order valence-corrected chi connectivity index (χ0v) is 14.1. The van der Waals surface area contributed by atoms with Crippen molar-refractivity contribution in [3.05, 3.63) is 41.7 Å². The summed E-state index contributed by atoms with van der Waals surface area (Å²) in [5.74, 6) is 1.21. The van der Waals surface area contributed by atoms with Gasteiger partial charge in [-0.15, -0.1) is 10.2 Å².